The molecule has 3 aromatic rings. The van der Waals surface area contributed by atoms with Crippen molar-refractivity contribution in [3.8, 4) is 0 Å². The lowest BCUT2D eigenvalue weighted by atomic mass is 10.1. The summed E-state index contributed by atoms with van der Waals surface area (Å²) >= 11 is 0. The number of fused-ring (bicyclic) bond motifs is 1. The third kappa shape index (κ3) is 5.01. The minimum absolute atomic E-state index is 0.128. The smallest absolute Gasteiger partial charge is 0.306 e. The molecule has 0 spiro atoms. The Bertz CT molecular complexity index is 1030. The van der Waals surface area contributed by atoms with Crippen molar-refractivity contribution >= 4 is 34.3 Å². The van der Waals surface area contributed by atoms with Crippen molar-refractivity contribution in [3.05, 3.63) is 71.9 Å². The van der Waals surface area contributed by atoms with E-state index in [0.29, 0.717) is 17.7 Å². The van der Waals surface area contributed by atoms with Crippen LogP contribution < -0.4 is 5.32 Å². The lowest BCUT2D eigenvalue weighted by Gasteiger charge is -2.09. The maximum Gasteiger partial charge on any atom is 0.306 e. The van der Waals surface area contributed by atoms with Crippen LogP contribution in [0.4, 0.5) is 5.69 Å². The van der Waals surface area contributed by atoms with Gasteiger partial charge in [0.15, 0.2) is 12.4 Å². The number of para-hydroxylation sites is 2. The lowest BCUT2D eigenvalue weighted by Crippen LogP contribution is -2.22. The Labute approximate surface area is 162 Å². The normalized spacial score (nSPS) is 10.5. The second kappa shape index (κ2) is 8.90. The van der Waals surface area contributed by atoms with Gasteiger partial charge in [-0.05, 0) is 31.2 Å². The first-order valence-corrected chi connectivity index (χ1v) is 8.93. The van der Waals surface area contributed by atoms with Crippen molar-refractivity contribution in [2.45, 2.75) is 19.8 Å². The van der Waals surface area contributed by atoms with Crippen molar-refractivity contribution in [1.82, 2.24) is 4.98 Å². The summed E-state index contributed by atoms with van der Waals surface area (Å²) in [5.74, 6) is -1.13. The van der Waals surface area contributed by atoms with Crippen molar-refractivity contribution < 1.29 is 19.1 Å². The van der Waals surface area contributed by atoms with Gasteiger partial charge in [-0.1, -0.05) is 36.4 Å². The lowest BCUT2D eigenvalue weighted by molar-refractivity contribution is -0.147. The molecular weight excluding hydrogens is 356 g/mol. The average Bonchev–Trinajstić information content (AvgIpc) is 2.70. The fraction of sp³-hybridized carbons (Fsp3) is 0.182. The van der Waals surface area contributed by atoms with Gasteiger partial charge in [0, 0.05) is 23.1 Å². The summed E-state index contributed by atoms with van der Waals surface area (Å²) in [7, 11) is 0. The number of amides is 1. The number of nitrogens with zero attached hydrogens (tertiary/aromatic N) is 1. The molecule has 1 amide bonds. The fourth-order valence-corrected chi connectivity index (χ4v) is 2.78. The molecule has 0 atom stereocenters. The molecule has 6 nitrogen and oxygen atoms in total. The molecule has 3 rings (SSSR count). The van der Waals surface area contributed by atoms with E-state index in [9.17, 15) is 14.4 Å². The minimum atomic E-state index is -0.495. The Morgan fingerprint density at radius 2 is 1.71 bits per heavy atom. The number of esters is 1. The zero-order chi connectivity index (χ0) is 19.9. The van der Waals surface area contributed by atoms with Gasteiger partial charge in [-0.15, -0.1) is 0 Å². The monoisotopic (exact) mass is 376 g/mol. The average molecular weight is 376 g/mol. The highest BCUT2D eigenvalue weighted by atomic mass is 16.5. The third-order valence-electron chi connectivity index (χ3n) is 4.19. The highest BCUT2D eigenvalue weighted by Crippen LogP contribution is 2.15. The number of Topliss-reactive ketones (excluding diaryl/α,β-unsaturated/α-hetero) is 1. The Balaban J connectivity index is 1.48. The zero-order valence-corrected chi connectivity index (χ0v) is 15.5. The molecule has 0 fully saturated rings. The second-order valence-corrected chi connectivity index (χ2v) is 6.31. The predicted octanol–water partition coefficient (Wildman–Crippen LogP) is 3.55. The van der Waals surface area contributed by atoms with Gasteiger partial charge in [0.1, 0.15) is 0 Å². The minimum Gasteiger partial charge on any atom is -0.456 e. The number of rotatable bonds is 7. The van der Waals surface area contributed by atoms with Gasteiger partial charge in [0.05, 0.1) is 17.6 Å². The summed E-state index contributed by atoms with van der Waals surface area (Å²) in [6, 6.07) is 18.3. The molecule has 0 aliphatic heterocycles. The number of pyridine rings is 1. The maximum absolute atomic E-state index is 12.0. The molecule has 28 heavy (non-hydrogen) atoms. The number of hydrogen-bond donors (Lipinski definition) is 1. The molecule has 0 radical (unpaired) electrons. The van der Waals surface area contributed by atoms with Crippen LogP contribution in [0.25, 0.3) is 10.9 Å². The molecule has 1 heterocycles. The Morgan fingerprint density at radius 1 is 0.964 bits per heavy atom. The number of anilines is 1. The van der Waals surface area contributed by atoms with Gasteiger partial charge in [0.25, 0.3) is 5.91 Å². The van der Waals surface area contributed by atoms with E-state index < -0.39 is 18.5 Å². The Hall–Kier alpha value is -3.54. The number of hydrogen-bond acceptors (Lipinski definition) is 5. The summed E-state index contributed by atoms with van der Waals surface area (Å²) in [6.45, 7) is 1.02. The highest BCUT2D eigenvalue weighted by molar-refractivity contribution is 6.04. The molecule has 1 N–H and O–H groups in total. The van der Waals surface area contributed by atoms with Gasteiger partial charge in [-0.25, -0.2) is 0 Å². The van der Waals surface area contributed by atoms with Crippen LogP contribution in [-0.2, 0) is 20.7 Å². The Morgan fingerprint density at radius 3 is 2.54 bits per heavy atom. The molecular formula is C22H20N2O4. The van der Waals surface area contributed by atoms with Gasteiger partial charge in [0.2, 0.25) is 0 Å². The molecule has 1 aromatic heterocycles. The van der Waals surface area contributed by atoms with Crippen molar-refractivity contribution in [2.75, 3.05) is 11.9 Å². The predicted molar refractivity (Wildman–Crippen MR) is 106 cm³/mol. The van der Waals surface area contributed by atoms with Crippen LogP contribution in [0.15, 0.2) is 60.7 Å². The van der Waals surface area contributed by atoms with Gasteiger partial charge < -0.3 is 10.1 Å². The number of aromatic nitrogens is 1. The highest BCUT2D eigenvalue weighted by Gasteiger charge is 2.12. The first-order valence-electron chi connectivity index (χ1n) is 8.93. The summed E-state index contributed by atoms with van der Waals surface area (Å²) in [5, 5.41) is 3.63. The van der Waals surface area contributed by atoms with Crippen molar-refractivity contribution in [3.63, 3.8) is 0 Å². The van der Waals surface area contributed by atoms with E-state index in [4.69, 9.17) is 4.74 Å². The standard InChI is InChI=1S/C22H20N2O4/c1-15(25)18-7-3-5-9-20(18)24-21(26)14-28-22(27)13-12-17-11-10-16-6-2-4-8-19(16)23-17/h2-11H,12-14H2,1H3,(H,24,26). The summed E-state index contributed by atoms with van der Waals surface area (Å²) in [5.41, 5.74) is 2.47. The van der Waals surface area contributed by atoms with Gasteiger partial charge in [-0.2, -0.15) is 0 Å². The number of carbonyl (C=O) groups excluding carboxylic acids is 3. The molecule has 0 aliphatic rings. The maximum atomic E-state index is 12.0. The van der Waals surface area contributed by atoms with E-state index in [1.807, 2.05) is 36.4 Å². The number of aryl methyl sites for hydroxylation is 1. The first kappa shape index (κ1) is 19.2. The largest absolute Gasteiger partial charge is 0.456 e. The van der Waals surface area contributed by atoms with Crippen LogP contribution >= 0.6 is 0 Å². The molecule has 2 aromatic carbocycles. The molecule has 0 aliphatic carbocycles. The summed E-state index contributed by atoms with van der Waals surface area (Å²) in [4.78, 5) is 40.0. The third-order valence-corrected chi connectivity index (χ3v) is 4.19. The van der Waals surface area contributed by atoms with Crippen LogP contribution in [-0.4, -0.2) is 29.3 Å². The zero-order valence-electron chi connectivity index (χ0n) is 15.5. The number of benzene rings is 2. The van der Waals surface area contributed by atoms with E-state index in [1.165, 1.54) is 6.92 Å². The van der Waals surface area contributed by atoms with Gasteiger partial charge in [-0.3, -0.25) is 19.4 Å². The van der Waals surface area contributed by atoms with Crippen molar-refractivity contribution in [1.29, 1.82) is 0 Å². The first-order chi connectivity index (χ1) is 13.5. The van der Waals surface area contributed by atoms with Crippen LogP contribution in [0.5, 0.6) is 0 Å². The molecule has 0 saturated heterocycles. The SMILES string of the molecule is CC(=O)c1ccccc1NC(=O)COC(=O)CCc1ccc2ccccc2n1. The van der Waals surface area contributed by atoms with E-state index in [-0.39, 0.29) is 12.2 Å². The van der Waals surface area contributed by atoms with Crippen LogP contribution in [0.1, 0.15) is 29.4 Å². The number of carbonyl (C=O) groups is 3. The van der Waals surface area contributed by atoms with Gasteiger partial charge >= 0.3 is 5.97 Å². The van der Waals surface area contributed by atoms with Crippen LogP contribution in [0.2, 0.25) is 0 Å². The van der Waals surface area contributed by atoms with E-state index in [0.717, 1.165) is 16.6 Å². The molecule has 0 saturated carbocycles. The van der Waals surface area contributed by atoms with E-state index in [2.05, 4.69) is 10.3 Å². The van der Waals surface area contributed by atoms with E-state index in [1.54, 1.807) is 24.3 Å². The fourth-order valence-electron chi connectivity index (χ4n) is 2.78. The quantitative estimate of drug-likeness (QED) is 0.503. The van der Waals surface area contributed by atoms with Crippen molar-refractivity contribution in [2.24, 2.45) is 0 Å². The molecule has 142 valence electrons. The topological polar surface area (TPSA) is 85.4 Å². The summed E-state index contributed by atoms with van der Waals surface area (Å²) in [6.07, 6.45) is 0.557. The van der Waals surface area contributed by atoms with Crippen LogP contribution in [0, 0.1) is 0 Å². The molecule has 0 bridgehead atoms. The number of nitrogens with one attached hydrogen (secondary N) is 1. The number of ether oxygens (including phenoxy) is 1. The second-order valence-electron chi connectivity index (χ2n) is 6.31. The molecule has 6 heteroatoms. The summed E-state index contributed by atoms with van der Waals surface area (Å²) < 4.78 is 5.02. The Kier molecular flexibility index (Phi) is 6.11. The van der Waals surface area contributed by atoms with E-state index >= 15 is 0 Å². The molecule has 0 unspecified atom stereocenters. The van der Waals surface area contributed by atoms with Crippen LogP contribution in [0.3, 0.4) is 0 Å². The number of ketones is 1.